The molecule has 1 aliphatic rings. The van der Waals surface area contributed by atoms with Crippen molar-refractivity contribution in [2.24, 2.45) is 5.73 Å². The molecule has 2 heterocycles. The third-order valence-electron chi connectivity index (χ3n) is 4.19. The first-order chi connectivity index (χ1) is 13.0. The van der Waals surface area contributed by atoms with E-state index in [2.05, 4.69) is 4.98 Å². The summed E-state index contributed by atoms with van der Waals surface area (Å²) >= 11 is 5.83. The Morgan fingerprint density at radius 1 is 1.22 bits per heavy atom. The number of pyridine rings is 1. The highest BCUT2D eigenvalue weighted by Gasteiger charge is 2.25. The number of carbonyl (C=O) groups excluding carboxylic acids is 2. The molecule has 0 bridgehead atoms. The number of primary amides is 1. The standard InChI is InChI=1S/C19H20ClN3O4/c20-13-3-5-14(6-4-13)26-12-18(24)23-9-1-2-16(11-23)27-15-7-8-22-17(10-15)19(21)25/h3-8,10,16H,1-2,9,11-12H2,(H2,21,25). The van der Waals surface area contributed by atoms with Crippen molar-refractivity contribution in [1.29, 1.82) is 0 Å². The van der Waals surface area contributed by atoms with Crippen LogP contribution in [0, 0.1) is 0 Å². The van der Waals surface area contributed by atoms with E-state index in [-0.39, 0.29) is 24.3 Å². The van der Waals surface area contributed by atoms with Gasteiger partial charge in [0.2, 0.25) is 0 Å². The predicted octanol–water partition coefficient (Wildman–Crippen LogP) is 2.28. The van der Waals surface area contributed by atoms with Crippen molar-refractivity contribution in [1.82, 2.24) is 9.88 Å². The fourth-order valence-electron chi connectivity index (χ4n) is 2.84. The van der Waals surface area contributed by atoms with E-state index >= 15 is 0 Å². The van der Waals surface area contributed by atoms with Crippen LogP contribution in [0.2, 0.25) is 5.02 Å². The van der Waals surface area contributed by atoms with Gasteiger partial charge in [-0.3, -0.25) is 14.6 Å². The van der Waals surface area contributed by atoms with E-state index in [1.165, 1.54) is 12.3 Å². The number of benzene rings is 1. The van der Waals surface area contributed by atoms with Gasteiger partial charge in [-0.25, -0.2) is 0 Å². The van der Waals surface area contributed by atoms with Crippen LogP contribution in [0.3, 0.4) is 0 Å². The lowest BCUT2D eigenvalue weighted by molar-refractivity contribution is -0.136. The SMILES string of the molecule is NC(=O)c1cc(OC2CCCN(C(=O)COc3ccc(Cl)cc3)C2)ccn1. The molecular formula is C19H20ClN3O4. The Hall–Kier alpha value is -2.80. The number of likely N-dealkylation sites (tertiary alicyclic amines) is 1. The Kier molecular flexibility index (Phi) is 6.13. The summed E-state index contributed by atoms with van der Waals surface area (Å²) in [5.41, 5.74) is 5.38. The smallest absolute Gasteiger partial charge is 0.267 e. The fourth-order valence-corrected chi connectivity index (χ4v) is 2.97. The quantitative estimate of drug-likeness (QED) is 0.817. The fraction of sp³-hybridized carbons (Fsp3) is 0.316. The maximum atomic E-state index is 12.4. The minimum absolute atomic E-state index is 0.0462. The number of hydrogen-bond donors (Lipinski definition) is 1. The van der Waals surface area contributed by atoms with Gasteiger partial charge >= 0.3 is 0 Å². The number of carbonyl (C=O) groups is 2. The van der Waals surface area contributed by atoms with E-state index in [9.17, 15) is 9.59 Å². The van der Waals surface area contributed by atoms with Gasteiger partial charge in [0, 0.05) is 23.8 Å². The number of halogens is 1. The molecule has 1 fully saturated rings. The lowest BCUT2D eigenvalue weighted by Crippen LogP contribution is -2.46. The summed E-state index contributed by atoms with van der Waals surface area (Å²) in [6.45, 7) is 1.07. The molecular weight excluding hydrogens is 370 g/mol. The number of amides is 2. The molecule has 27 heavy (non-hydrogen) atoms. The molecule has 2 amide bonds. The Balaban J connectivity index is 1.53. The topological polar surface area (TPSA) is 94.8 Å². The van der Waals surface area contributed by atoms with Crippen molar-refractivity contribution in [2.45, 2.75) is 18.9 Å². The maximum absolute atomic E-state index is 12.4. The van der Waals surface area contributed by atoms with Crippen molar-refractivity contribution < 1.29 is 19.1 Å². The molecule has 2 N–H and O–H groups in total. The minimum Gasteiger partial charge on any atom is -0.488 e. The zero-order chi connectivity index (χ0) is 19.2. The Labute approximate surface area is 162 Å². The van der Waals surface area contributed by atoms with Crippen molar-refractivity contribution in [3.05, 3.63) is 53.3 Å². The van der Waals surface area contributed by atoms with Crippen molar-refractivity contribution in [3.63, 3.8) is 0 Å². The highest BCUT2D eigenvalue weighted by atomic mass is 35.5. The number of aromatic nitrogens is 1. The Bertz CT molecular complexity index is 813. The second-order valence-electron chi connectivity index (χ2n) is 6.21. The first-order valence-corrected chi connectivity index (χ1v) is 8.98. The average molecular weight is 390 g/mol. The van der Waals surface area contributed by atoms with E-state index in [1.807, 2.05) is 0 Å². The molecule has 1 aliphatic heterocycles. The normalized spacial score (nSPS) is 16.6. The molecule has 1 aromatic heterocycles. The van der Waals surface area contributed by atoms with Gasteiger partial charge in [0.15, 0.2) is 6.61 Å². The molecule has 1 saturated heterocycles. The minimum atomic E-state index is -0.611. The van der Waals surface area contributed by atoms with Gasteiger partial charge in [0.1, 0.15) is 23.3 Å². The zero-order valence-corrected chi connectivity index (χ0v) is 15.4. The van der Waals surface area contributed by atoms with Crippen LogP contribution in [-0.4, -0.2) is 47.5 Å². The predicted molar refractivity (Wildman–Crippen MR) is 99.9 cm³/mol. The lowest BCUT2D eigenvalue weighted by atomic mass is 10.1. The van der Waals surface area contributed by atoms with Gasteiger partial charge in [0.25, 0.3) is 11.8 Å². The molecule has 1 atom stereocenters. The number of piperidine rings is 1. The molecule has 0 aliphatic carbocycles. The lowest BCUT2D eigenvalue weighted by Gasteiger charge is -2.32. The van der Waals surface area contributed by atoms with Crippen molar-refractivity contribution in [3.8, 4) is 11.5 Å². The maximum Gasteiger partial charge on any atom is 0.267 e. The highest BCUT2D eigenvalue weighted by Crippen LogP contribution is 2.20. The first kappa shape index (κ1) is 19.0. The second-order valence-corrected chi connectivity index (χ2v) is 6.64. The zero-order valence-electron chi connectivity index (χ0n) is 14.6. The van der Waals surface area contributed by atoms with Crippen LogP contribution < -0.4 is 15.2 Å². The number of ether oxygens (including phenoxy) is 2. The summed E-state index contributed by atoms with van der Waals surface area (Å²) in [6, 6.07) is 10.0. The molecule has 0 radical (unpaired) electrons. The number of rotatable bonds is 6. The molecule has 3 rings (SSSR count). The molecule has 8 heteroatoms. The van der Waals surface area contributed by atoms with Gasteiger partial charge in [-0.15, -0.1) is 0 Å². The van der Waals surface area contributed by atoms with Crippen LogP contribution in [0.5, 0.6) is 11.5 Å². The summed E-state index contributed by atoms with van der Waals surface area (Å²) in [6.07, 6.45) is 2.95. The second kappa shape index (κ2) is 8.73. The van der Waals surface area contributed by atoms with Crippen molar-refractivity contribution in [2.75, 3.05) is 19.7 Å². The summed E-state index contributed by atoms with van der Waals surface area (Å²) in [5, 5.41) is 0.611. The Morgan fingerprint density at radius 2 is 2.00 bits per heavy atom. The molecule has 142 valence electrons. The summed E-state index contributed by atoms with van der Waals surface area (Å²) in [7, 11) is 0. The van der Waals surface area contributed by atoms with Crippen LogP contribution in [0.1, 0.15) is 23.3 Å². The van der Waals surface area contributed by atoms with Gasteiger partial charge in [-0.05, 0) is 43.2 Å². The van der Waals surface area contributed by atoms with Crippen LogP contribution >= 0.6 is 11.6 Å². The molecule has 0 saturated carbocycles. The summed E-state index contributed by atoms with van der Waals surface area (Å²) in [5.74, 6) is 0.384. The first-order valence-electron chi connectivity index (χ1n) is 8.60. The van der Waals surface area contributed by atoms with Gasteiger partial charge < -0.3 is 20.1 Å². The third-order valence-corrected chi connectivity index (χ3v) is 4.45. The Morgan fingerprint density at radius 3 is 2.74 bits per heavy atom. The van der Waals surface area contributed by atoms with Gasteiger partial charge in [-0.2, -0.15) is 0 Å². The number of nitrogens with zero attached hydrogens (tertiary/aromatic N) is 2. The van der Waals surface area contributed by atoms with Crippen LogP contribution in [0.4, 0.5) is 0 Å². The number of nitrogens with two attached hydrogens (primary N) is 1. The molecule has 1 aromatic carbocycles. The highest BCUT2D eigenvalue weighted by molar-refractivity contribution is 6.30. The van der Waals surface area contributed by atoms with E-state index in [0.717, 1.165) is 12.8 Å². The van der Waals surface area contributed by atoms with E-state index in [1.54, 1.807) is 35.2 Å². The largest absolute Gasteiger partial charge is 0.488 e. The molecule has 1 unspecified atom stereocenters. The molecule has 0 spiro atoms. The van der Waals surface area contributed by atoms with Crippen LogP contribution in [0.25, 0.3) is 0 Å². The average Bonchev–Trinajstić information content (AvgIpc) is 2.67. The van der Waals surface area contributed by atoms with Crippen LogP contribution in [-0.2, 0) is 4.79 Å². The van der Waals surface area contributed by atoms with E-state index in [4.69, 9.17) is 26.8 Å². The summed E-state index contributed by atoms with van der Waals surface area (Å²) < 4.78 is 11.4. The van der Waals surface area contributed by atoms with Gasteiger partial charge in [0.05, 0.1) is 6.54 Å². The third kappa shape index (κ3) is 5.34. The summed E-state index contributed by atoms with van der Waals surface area (Å²) in [4.78, 5) is 29.3. The monoisotopic (exact) mass is 389 g/mol. The number of hydrogen-bond acceptors (Lipinski definition) is 5. The van der Waals surface area contributed by atoms with Crippen LogP contribution in [0.15, 0.2) is 42.6 Å². The van der Waals surface area contributed by atoms with E-state index < -0.39 is 5.91 Å². The molecule has 2 aromatic rings. The van der Waals surface area contributed by atoms with Gasteiger partial charge in [-0.1, -0.05) is 11.6 Å². The molecule has 7 nitrogen and oxygen atoms in total. The van der Waals surface area contributed by atoms with Crippen molar-refractivity contribution >= 4 is 23.4 Å². The van der Waals surface area contributed by atoms with E-state index in [0.29, 0.717) is 29.6 Å².